The molecule has 0 unspecified atom stereocenters. The molecule has 0 aliphatic carbocycles. The molecule has 0 aliphatic rings. The van der Waals surface area contributed by atoms with Crippen LogP contribution in [-0.4, -0.2) is 16.9 Å². The standard InChI is InChI=1S/C18H15P.C6H11BrO2/c1-4-10-16(11-5-1)19(17-12-6-2-7-13-17)18-14-8-3-9-15-18;1-6(2,3)9-5(8)4-7/h1-15H;4H2,1-3H3. The van der Waals surface area contributed by atoms with Crippen LogP contribution in [0.1, 0.15) is 20.8 Å². The van der Waals surface area contributed by atoms with Gasteiger partial charge in [0.05, 0.1) is 0 Å². The van der Waals surface area contributed by atoms with Gasteiger partial charge < -0.3 is 4.74 Å². The van der Waals surface area contributed by atoms with Gasteiger partial charge in [0.2, 0.25) is 0 Å². The summed E-state index contributed by atoms with van der Waals surface area (Å²) in [6, 6.07) is 32.3. The number of carbonyl (C=O) groups excluding carboxylic acids is 1. The van der Waals surface area contributed by atoms with Gasteiger partial charge in [0.1, 0.15) is 10.9 Å². The van der Waals surface area contributed by atoms with Gasteiger partial charge in [-0.15, -0.1) is 0 Å². The van der Waals surface area contributed by atoms with Crippen molar-refractivity contribution >= 4 is 45.7 Å². The summed E-state index contributed by atoms with van der Waals surface area (Å²) < 4.78 is 4.90. The molecule has 0 radical (unpaired) electrons. The van der Waals surface area contributed by atoms with Gasteiger partial charge in [0, 0.05) is 0 Å². The minimum absolute atomic E-state index is 0.220. The normalized spacial score (nSPS) is 10.8. The molecule has 0 N–H and O–H groups in total. The molecule has 146 valence electrons. The predicted octanol–water partition coefficient (Wildman–Crippen LogP) is 5.17. The van der Waals surface area contributed by atoms with Crippen molar-refractivity contribution in [2.24, 2.45) is 0 Å². The Morgan fingerprint density at radius 3 is 1.29 bits per heavy atom. The van der Waals surface area contributed by atoms with Crippen LogP contribution in [0.3, 0.4) is 0 Å². The van der Waals surface area contributed by atoms with Crippen LogP contribution in [0.25, 0.3) is 0 Å². The molecule has 0 atom stereocenters. The average Bonchev–Trinajstić information content (AvgIpc) is 2.70. The number of ether oxygens (including phenoxy) is 1. The van der Waals surface area contributed by atoms with Gasteiger partial charge in [-0.25, -0.2) is 0 Å². The number of hydrogen-bond acceptors (Lipinski definition) is 2. The van der Waals surface area contributed by atoms with Crippen LogP contribution in [0.15, 0.2) is 91.0 Å². The highest BCUT2D eigenvalue weighted by atomic mass is 79.9. The summed E-state index contributed by atoms with van der Waals surface area (Å²) in [7, 11) is -0.446. The zero-order valence-electron chi connectivity index (χ0n) is 16.5. The van der Waals surface area contributed by atoms with E-state index in [1.165, 1.54) is 15.9 Å². The summed E-state index contributed by atoms with van der Waals surface area (Å²) >= 11 is 2.99. The maximum atomic E-state index is 10.6. The monoisotopic (exact) mass is 456 g/mol. The lowest BCUT2D eigenvalue weighted by Gasteiger charge is -2.18. The highest BCUT2D eigenvalue weighted by Gasteiger charge is 2.15. The lowest BCUT2D eigenvalue weighted by atomic mass is 10.2. The van der Waals surface area contributed by atoms with E-state index in [1.54, 1.807) is 0 Å². The maximum absolute atomic E-state index is 10.6. The van der Waals surface area contributed by atoms with Crippen LogP contribution in [0.5, 0.6) is 0 Å². The summed E-state index contributed by atoms with van der Waals surface area (Å²) in [4.78, 5) is 10.6. The van der Waals surface area contributed by atoms with Crippen molar-refractivity contribution in [2.45, 2.75) is 26.4 Å². The topological polar surface area (TPSA) is 26.3 Å². The Morgan fingerprint density at radius 2 is 1.07 bits per heavy atom. The molecule has 0 saturated carbocycles. The van der Waals surface area contributed by atoms with Crippen molar-refractivity contribution in [3.05, 3.63) is 91.0 Å². The van der Waals surface area contributed by atoms with Gasteiger partial charge in [0.25, 0.3) is 0 Å². The van der Waals surface area contributed by atoms with Gasteiger partial charge in [-0.05, 0) is 44.6 Å². The summed E-state index contributed by atoms with van der Waals surface area (Å²) in [5, 5.41) is 4.46. The average molecular weight is 457 g/mol. The van der Waals surface area contributed by atoms with Crippen LogP contribution in [0.4, 0.5) is 0 Å². The van der Waals surface area contributed by atoms with Crippen molar-refractivity contribution in [3.8, 4) is 0 Å². The van der Waals surface area contributed by atoms with Gasteiger partial charge in [0.15, 0.2) is 0 Å². The zero-order chi connectivity index (χ0) is 20.4. The van der Waals surface area contributed by atoms with E-state index in [0.29, 0.717) is 0 Å². The SMILES string of the molecule is CC(C)(C)OC(=O)CBr.c1ccc(P(c2ccccc2)c2ccccc2)cc1. The zero-order valence-corrected chi connectivity index (χ0v) is 19.0. The summed E-state index contributed by atoms with van der Waals surface area (Å²) in [6.07, 6.45) is 0. The Labute approximate surface area is 177 Å². The van der Waals surface area contributed by atoms with E-state index in [4.69, 9.17) is 4.74 Å². The third kappa shape index (κ3) is 7.58. The van der Waals surface area contributed by atoms with Gasteiger partial charge in [-0.2, -0.15) is 0 Å². The minimum atomic E-state index is -0.446. The first kappa shape index (κ1) is 22.3. The molecule has 0 aromatic heterocycles. The van der Waals surface area contributed by atoms with Crippen molar-refractivity contribution in [3.63, 3.8) is 0 Å². The van der Waals surface area contributed by atoms with Crippen LogP contribution in [0, 0.1) is 0 Å². The summed E-state index contributed by atoms with van der Waals surface area (Å²) in [6.45, 7) is 5.52. The molecule has 0 aliphatic heterocycles. The fourth-order valence-corrected chi connectivity index (χ4v) is 4.97. The van der Waals surface area contributed by atoms with E-state index in [1.807, 2.05) is 20.8 Å². The van der Waals surface area contributed by atoms with E-state index in [-0.39, 0.29) is 16.9 Å². The lowest BCUT2D eigenvalue weighted by molar-refractivity contribution is -0.151. The number of halogens is 1. The Morgan fingerprint density at radius 1 is 0.750 bits per heavy atom. The molecule has 0 amide bonds. The number of alkyl halides is 1. The minimum Gasteiger partial charge on any atom is -0.459 e. The van der Waals surface area contributed by atoms with E-state index < -0.39 is 7.92 Å². The summed E-state index contributed by atoms with van der Waals surface area (Å²) in [5.41, 5.74) is -0.356. The Kier molecular flexibility index (Phi) is 8.89. The summed E-state index contributed by atoms with van der Waals surface area (Å²) in [5.74, 6) is -0.220. The molecular weight excluding hydrogens is 431 g/mol. The lowest BCUT2D eigenvalue weighted by Crippen LogP contribution is -2.24. The number of carbonyl (C=O) groups is 1. The second kappa shape index (κ2) is 11.1. The fraction of sp³-hybridized carbons (Fsp3) is 0.208. The van der Waals surface area contributed by atoms with Crippen molar-refractivity contribution in [1.29, 1.82) is 0 Å². The van der Waals surface area contributed by atoms with Crippen molar-refractivity contribution in [2.75, 3.05) is 5.33 Å². The smallest absolute Gasteiger partial charge is 0.317 e. The number of rotatable bonds is 4. The van der Waals surface area contributed by atoms with Crippen molar-refractivity contribution < 1.29 is 9.53 Å². The molecule has 0 bridgehead atoms. The van der Waals surface area contributed by atoms with Crippen LogP contribution >= 0.6 is 23.9 Å². The largest absolute Gasteiger partial charge is 0.459 e. The Hall–Kier alpha value is -1.96. The number of hydrogen-bond donors (Lipinski definition) is 0. The number of esters is 1. The second-order valence-corrected chi connectivity index (χ2v) is 9.84. The van der Waals surface area contributed by atoms with Gasteiger partial charge >= 0.3 is 5.97 Å². The van der Waals surface area contributed by atoms with E-state index >= 15 is 0 Å². The maximum Gasteiger partial charge on any atom is 0.317 e. The predicted molar refractivity (Wildman–Crippen MR) is 125 cm³/mol. The molecule has 3 rings (SSSR count). The van der Waals surface area contributed by atoms with Crippen LogP contribution in [-0.2, 0) is 9.53 Å². The molecule has 0 fully saturated rings. The molecule has 2 nitrogen and oxygen atoms in total. The van der Waals surface area contributed by atoms with Crippen molar-refractivity contribution in [1.82, 2.24) is 0 Å². The molecule has 0 spiro atoms. The third-order valence-electron chi connectivity index (χ3n) is 3.57. The Bertz CT molecular complexity index is 737. The third-order valence-corrected chi connectivity index (χ3v) is 6.47. The molecule has 28 heavy (non-hydrogen) atoms. The molecule has 3 aromatic carbocycles. The van der Waals surface area contributed by atoms with Gasteiger partial charge in [-0.3, -0.25) is 4.79 Å². The molecule has 0 saturated heterocycles. The second-order valence-electron chi connectivity index (χ2n) is 7.06. The molecule has 3 aromatic rings. The molecule has 4 heteroatoms. The molecule has 0 heterocycles. The van der Waals surface area contributed by atoms with Crippen LogP contribution in [0.2, 0.25) is 0 Å². The first-order valence-electron chi connectivity index (χ1n) is 9.14. The van der Waals surface area contributed by atoms with Crippen LogP contribution < -0.4 is 15.9 Å². The Balaban J connectivity index is 0.000000266. The first-order valence-corrected chi connectivity index (χ1v) is 11.6. The quantitative estimate of drug-likeness (QED) is 0.307. The first-order chi connectivity index (χ1) is 13.4. The van der Waals surface area contributed by atoms with E-state index in [0.717, 1.165) is 0 Å². The molecular formula is C24H26BrO2P. The number of benzene rings is 3. The van der Waals surface area contributed by atoms with Gasteiger partial charge in [-0.1, -0.05) is 107 Å². The van der Waals surface area contributed by atoms with E-state index in [2.05, 4.69) is 107 Å². The highest BCUT2D eigenvalue weighted by Crippen LogP contribution is 2.32. The van der Waals surface area contributed by atoms with E-state index in [9.17, 15) is 4.79 Å². The fourth-order valence-electron chi connectivity index (χ4n) is 2.55. The highest BCUT2D eigenvalue weighted by molar-refractivity contribution is 9.09.